The summed E-state index contributed by atoms with van der Waals surface area (Å²) in [5, 5.41) is 16.5. The summed E-state index contributed by atoms with van der Waals surface area (Å²) in [5.41, 5.74) is 2.64. The lowest BCUT2D eigenvalue weighted by Gasteiger charge is -2.06. The maximum Gasteiger partial charge on any atom is 0.311 e. The van der Waals surface area contributed by atoms with E-state index < -0.39 is 0 Å². The van der Waals surface area contributed by atoms with E-state index in [-0.39, 0.29) is 24.8 Å². The number of nitrogens with zero attached hydrogens (tertiary/aromatic N) is 6. The van der Waals surface area contributed by atoms with Gasteiger partial charge >= 0.3 is 11.9 Å². The van der Waals surface area contributed by atoms with Crippen LogP contribution in [0.1, 0.15) is 25.7 Å². The summed E-state index contributed by atoms with van der Waals surface area (Å²) >= 11 is 0. The van der Waals surface area contributed by atoms with Crippen molar-refractivity contribution in [1.29, 1.82) is 0 Å². The molecule has 0 aliphatic rings. The molecule has 0 atom stereocenters. The number of hydrogen-bond acceptors (Lipinski definition) is 10. The van der Waals surface area contributed by atoms with E-state index in [2.05, 4.69) is 30.4 Å². The Morgan fingerprint density at radius 1 is 0.500 bits per heavy atom. The Hall–Kier alpha value is -5.12. The summed E-state index contributed by atoms with van der Waals surface area (Å²) < 4.78 is 10.7. The molecule has 4 rings (SSSR count). The Morgan fingerprint density at radius 3 is 1.16 bits per heavy atom. The van der Waals surface area contributed by atoms with Crippen LogP contribution in [0.4, 0.5) is 22.7 Å². The highest BCUT2D eigenvalue weighted by Crippen LogP contribution is 2.23. The molecule has 190 valence electrons. The van der Waals surface area contributed by atoms with Gasteiger partial charge in [0.05, 0.1) is 22.7 Å². The largest absolute Gasteiger partial charge is 0.427 e. The van der Waals surface area contributed by atoms with E-state index in [1.165, 1.54) is 0 Å². The number of azo groups is 2. The van der Waals surface area contributed by atoms with Crippen molar-refractivity contribution in [3.63, 3.8) is 0 Å². The molecule has 0 saturated carbocycles. The SMILES string of the molecule is O=C(CCCCC(=O)Oc1ccc(N=Nc2ccncc2)cc1)Oc1ccc(N=Nc2ccncc2)cc1. The highest BCUT2D eigenvalue weighted by Gasteiger charge is 2.08. The van der Waals surface area contributed by atoms with Gasteiger partial charge in [0.2, 0.25) is 0 Å². The van der Waals surface area contributed by atoms with Crippen LogP contribution in [-0.4, -0.2) is 21.9 Å². The maximum atomic E-state index is 12.1. The number of pyridine rings is 2. The molecule has 2 heterocycles. The Labute approximate surface area is 219 Å². The molecule has 0 spiro atoms. The van der Waals surface area contributed by atoms with Gasteiger partial charge in [-0.25, -0.2) is 0 Å². The van der Waals surface area contributed by atoms with Crippen molar-refractivity contribution in [2.24, 2.45) is 20.5 Å². The summed E-state index contributed by atoms with van der Waals surface area (Å²) in [6.45, 7) is 0. The smallest absolute Gasteiger partial charge is 0.311 e. The molecule has 0 radical (unpaired) electrons. The van der Waals surface area contributed by atoms with Gasteiger partial charge in [0.25, 0.3) is 0 Å². The Balaban J connectivity index is 1.12. The molecule has 0 fully saturated rings. The van der Waals surface area contributed by atoms with Crippen molar-refractivity contribution >= 4 is 34.7 Å². The third-order valence-corrected chi connectivity index (χ3v) is 5.04. The van der Waals surface area contributed by atoms with E-state index in [1.54, 1.807) is 97.6 Å². The van der Waals surface area contributed by atoms with Gasteiger partial charge in [-0.2, -0.15) is 20.5 Å². The van der Waals surface area contributed by atoms with Crippen LogP contribution in [0, 0.1) is 0 Å². The van der Waals surface area contributed by atoms with Crippen LogP contribution < -0.4 is 9.47 Å². The molecule has 0 saturated heterocycles. The average Bonchev–Trinajstić information content (AvgIpc) is 2.96. The molecular formula is C28H24N6O4. The summed E-state index contributed by atoms with van der Waals surface area (Å²) in [4.78, 5) is 32.1. The van der Waals surface area contributed by atoms with Gasteiger partial charge in [-0.3, -0.25) is 19.6 Å². The van der Waals surface area contributed by atoms with Gasteiger partial charge in [-0.15, -0.1) is 0 Å². The monoisotopic (exact) mass is 508 g/mol. The van der Waals surface area contributed by atoms with E-state index in [4.69, 9.17) is 9.47 Å². The van der Waals surface area contributed by atoms with Gasteiger partial charge in [-0.1, -0.05) is 0 Å². The highest BCUT2D eigenvalue weighted by atomic mass is 16.5. The second-order valence-electron chi connectivity index (χ2n) is 7.95. The number of unbranched alkanes of at least 4 members (excludes halogenated alkanes) is 1. The first-order valence-electron chi connectivity index (χ1n) is 11.9. The quantitative estimate of drug-likeness (QED) is 0.0900. The molecule has 10 heteroatoms. The molecule has 10 nitrogen and oxygen atoms in total. The van der Waals surface area contributed by atoms with Crippen LogP contribution in [0.25, 0.3) is 0 Å². The van der Waals surface area contributed by atoms with E-state index in [0.717, 1.165) is 0 Å². The maximum absolute atomic E-state index is 12.1. The fraction of sp³-hybridized carbons (Fsp3) is 0.143. The standard InChI is InChI=1S/C28H24N6O4/c35-27(37-25-9-5-21(6-10-25)31-33-23-13-17-29-18-14-23)3-1-2-4-28(36)38-26-11-7-22(8-12-26)32-34-24-15-19-30-20-16-24/h5-20H,1-4H2. The number of ether oxygens (including phenoxy) is 2. The number of carbonyl (C=O) groups excluding carboxylic acids is 2. The lowest BCUT2D eigenvalue weighted by Crippen LogP contribution is -2.10. The Bertz CT molecular complexity index is 1270. The molecule has 2 aromatic heterocycles. The number of esters is 2. The molecule has 0 bridgehead atoms. The molecule has 4 aromatic rings. The topological polar surface area (TPSA) is 128 Å². The second-order valence-corrected chi connectivity index (χ2v) is 7.95. The molecule has 2 aromatic carbocycles. The van der Waals surface area contributed by atoms with Crippen molar-refractivity contribution in [2.75, 3.05) is 0 Å². The third-order valence-electron chi connectivity index (χ3n) is 5.04. The van der Waals surface area contributed by atoms with Crippen LogP contribution in [0.3, 0.4) is 0 Å². The van der Waals surface area contributed by atoms with Crippen molar-refractivity contribution in [1.82, 2.24) is 9.97 Å². The zero-order valence-corrected chi connectivity index (χ0v) is 20.4. The summed E-state index contributed by atoms with van der Waals surface area (Å²) in [7, 11) is 0. The van der Waals surface area contributed by atoms with Crippen LogP contribution >= 0.6 is 0 Å². The molecule has 0 N–H and O–H groups in total. The minimum absolute atomic E-state index is 0.188. The lowest BCUT2D eigenvalue weighted by molar-refractivity contribution is -0.136. The number of hydrogen-bond donors (Lipinski definition) is 0. The molecule has 0 amide bonds. The van der Waals surface area contributed by atoms with E-state index >= 15 is 0 Å². The molecule has 0 aliphatic heterocycles. The van der Waals surface area contributed by atoms with Crippen molar-refractivity contribution in [3.8, 4) is 11.5 Å². The average molecular weight is 509 g/mol. The van der Waals surface area contributed by atoms with Crippen molar-refractivity contribution < 1.29 is 19.1 Å². The Morgan fingerprint density at radius 2 is 0.816 bits per heavy atom. The number of aromatic nitrogens is 2. The molecule has 38 heavy (non-hydrogen) atoms. The van der Waals surface area contributed by atoms with Crippen LogP contribution in [-0.2, 0) is 9.59 Å². The highest BCUT2D eigenvalue weighted by molar-refractivity contribution is 5.73. The molecule has 0 unspecified atom stereocenters. The predicted molar refractivity (Wildman–Crippen MR) is 139 cm³/mol. The van der Waals surface area contributed by atoms with Gasteiger partial charge in [-0.05, 0) is 85.6 Å². The van der Waals surface area contributed by atoms with E-state index in [9.17, 15) is 9.59 Å². The van der Waals surface area contributed by atoms with Crippen LogP contribution in [0.5, 0.6) is 11.5 Å². The zero-order valence-electron chi connectivity index (χ0n) is 20.4. The number of carbonyl (C=O) groups is 2. The molecule has 0 aliphatic carbocycles. The van der Waals surface area contributed by atoms with Gasteiger partial charge in [0, 0.05) is 37.6 Å². The zero-order chi connectivity index (χ0) is 26.4. The van der Waals surface area contributed by atoms with Crippen molar-refractivity contribution in [2.45, 2.75) is 25.7 Å². The number of benzene rings is 2. The predicted octanol–water partition coefficient (Wildman–Crippen LogP) is 7.38. The first-order chi connectivity index (χ1) is 18.6. The second kappa shape index (κ2) is 13.8. The fourth-order valence-electron chi connectivity index (χ4n) is 3.12. The summed E-state index contributed by atoms with van der Waals surface area (Å²) in [6, 6.07) is 20.4. The van der Waals surface area contributed by atoms with E-state index in [1.807, 2.05) is 0 Å². The fourth-order valence-corrected chi connectivity index (χ4v) is 3.12. The van der Waals surface area contributed by atoms with Gasteiger partial charge in [0.1, 0.15) is 11.5 Å². The Kier molecular flexibility index (Phi) is 9.45. The summed E-state index contributed by atoms with van der Waals surface area (Å²) in [6.07, 6.45) is 7.93. The van der Waals surface area contributed by atoms with Crippen LogP contribution in [0.15, 0.2) is 118 Å². The number of rotatable bonds is 11. The first-order valence-corrected chi connectivity index (χ1v) is 11.9. The van der Waals surface area contributed by atoms with Crippen LogP contribution in [0.2, 0.25) is 0 Å². The van der Waals surface area contributed by atoms with Gasteiger partial charge in [0.15, 0.2) is 0 Å². The normalized spacial score (nSPS) is 11.1. The minimum Gasteiger partial charge on any atom is -0.427 e. The lowest BCUT2D eigenvalue weighted by atomic mass is 10.2. The third kappa shape index (κ3) is 8.83. The minimum atomic E-state index is -0.374. The van der Waals surface area contributed by atoms with Gasteiger partial charge < -0.3 is 9.47 Å². The van der Waals surface area contributed by atoms with E-state index in [0.29, 0.717) is 47.1 Å². The van der Waals surface area contributed by atoms with Crippen molar-refractivity contribution in [3.05, 3.63) is 97.6 Å². The first kappa shape index (κ1) is 26.0. The molecular weight excluding hydrogens is 484 g/mol. The summed E-state index contributed by atoms with van der Waals surface area (Å²) in [5.74, 6) is 0.0872.